The van der Waals surface area contributed by atoms with Crippen LogP contribution >= 0.6 is 0 Å². The summed E-state index contributed by atoms with van der Waals surface area (Å²) in [5, 5.41) is 9.24. The van der Waals surface area contributed by atoms with Gasteiger partial charge in [0.25, 0.3) is 0 Å². The Morgan fingerprint density at radius 2 is 1.64 bits per heavy atom. The molecule has 0 aromatic heterocycles. The van der Waals surface area contributed by atoms with Gasteiger partial charge in [-0.2, -0.15) is 0 Å². The quantitative estimate of drug-likeness (QED) is 0.752. The number of aliphatic hydroxyl groups is 1. The fourth-order valence-corrected chi connectivity index (χ4v) is 2.16. The summed E-state index contributed by atoms with van der Waals surface area (Å²) in [6, 6.07) is 4.20. The predicted octanol–water partition coefficient (Wildman–Crippen LogP) is 1.78. The largest absolute Gasteiger partial charge is 0.394 e. The topological polar surface area (TPSA) is 46.2 Å². The Hall–Kier alpha value is -0.860. The van der Waals surface area contributed by atoms with Crippen LogP contribution in [-0.2, 0) is 5.54 Å². The molecule has 2 heteroatoms. The molecule has 78 valence electrons. The maximum absolute atomic E-state index is 9.24. The molecule has 0 amide bonds. The molecule has 0 radical (unpaired) electrons. The van der Waals surface area contributed by atoms with Gasteiger partial charge in [0.2, 0.25) is 0 Å². The Morgan fingerprint density at radius 3 is 2.00 bits per heavy atom. The molecule has 0 heterocycles. The van der Waals surface area contributed by atoms with Gasteiger partial charge in [-0.25, -0.2) is 0 Å². The first kappa shape index (κ1) is 11.2. The van der Waals surface area contributed by atoms with Crippen LogP contribution in [0.15, 0.2) is 12.1 Å². The number of hydrogen-bond donors (Lipinski definition) is 2. The van der Waals surface area contributed by atoms with Gasteiger partial charge in [0, 0.05) is 0 Å². The van der Waals surface area contributed by atoms with Crippen LogP contribution in [0, 0.1) is 20.8 Å². The van der Waals surface area contributed by atoms with E-state index in [1.165, 1.54) is 5.56 Å². The van der Waals surface area contributed by atoms with Gasteiger partial charge in [-0.15, -0.1) is 0 Å². The Kier molecular flexibility index (Phi) is 2.98. The molecule has 1 aromatic carbocycles. The van der Waals surface area contributed by atoms with Crippen molar-refractivity contribution in [2.75, 3.05) is 6.61 Å². The van der Waals surface area contributed by atoms with Crippen molar-refractivity contribution in [2.24, 2.45) is 5.73 Å². The third kappa shape index (κ3) is 1.97. The second-order valence-corrected chi connectivity index (χ2v) is 4.35. The van der Waals surface area contributed by atoms with E-state index >= 15 is 0 Å². The SMILES string of the molecule is Cc1cc(C)c(C(C)(N)CO)c(C)c1. The van der Waals surface area contributed by atoms with Gasteiger partial charge in [-0.3, -0.25) is 0 Å². The van der Waals surface area contributed by atoms with Gasteiger partial charge in [-0.1, -0.05) is 17.7 Å². The van der Waals surface area contributed by atoms with Crippen LogP contribution in [0.1, 0.15) is 29.2 Å². The van der Waals surface area contributed by atoms with Crippen LogP contribution in [0.25, 0.3) is 0 Å². The lowest BCUT2D eigenvalue weighted by Gasteiger charge is -2.27. The van der Waals surface area contributed by atoms with Gasteiger partial charge in [0.15, 0.2) is 0 Å². The first-order valence-corrected chi connectivity index (χ1v) is 4.86. The lowest BCUT2D eigenvalue weighted by molar-refractivity contribution is 0.209. The zero-order chi connectivity index (χ0) is 10.9. The maximum atomic E-state index is 9.24. The maximum Gasteiger partial charge on any atom is 0.0650 e. The third-order valence-electron chi connectivity index (χ3n) is 2.58. The second-order valence-electron chi connectivity index (χ2n) is 4.35. The Balaban J connectivity index is 3.35. The molecule has 0 saturated heterocycles. The fraction of sp³-hybridized carbons (Fsp3) is 0.500. The third-order valence-corrected chi connectivity index (χ3v) is 2.58. The molecule has 0 fully saturated rings. The zero-order valence-electron chi connectivity index (χ0n) is 9.39. The van der Waals surface area contributed by atoms with E-state index in [4.69, 9.17) is 5.73 Å². The average molecular weight is 193 g/mol. The minimum absolute atomic E-state index is 0.0300. The Bertz CT molecular complexity index is 319. The van der Waals surface area contributed by atoms with Crippen LogP contribution < -0.4 is 5.73 Å². The molecule has 0 bridgehead atoms. The molecule has 14 heavy (non-hydrogen) atoms. The van der Waals surface area contributed by atoms with Crippen molar-refractivity contribution in [3.05, 3.63) is 34.4 Å². The first-order chi connectivity index (χ1) is 6.38. The van der Waals surface area contributed by atoms with Gasteiger partial charge in [0.05, 0.1) is 12.1 Å². The average Bonchev–Trinajstić information content (AvgIpc) is 2.01. The summed E-state index contributed by atoms with van der Waals surface area (Å²) in [4.78, 5) is 0. The van der Waals surface area contributed by atoms with Crippen molar-refractivity contribution in [2.45, 2.75) is 33.2 Å². The van der Waals surface area contributed by atoms with Crippen molar-refractivity contribution in [3.63, 3.8) is 0 Å². The van der Waals surface area contributed by atoms with Crippen LogP contribution in [0.4, 0.5) is 0 Å². The van der Waals surface area contributed by atoms with E-state index in [9.17, 15) is 5.11 Å². The summed E-state index contributed by atoms with van der Waals surface area (Å²) >= 11 is 0. The van der Waals surface area contributed by atoms with Crippen LogP contribution in [0.2, 0.25) is 0 Å². The molecule has 1 atom stereocenters. The first-order valence-electron chi connectivity index (χ1n) is 4.86. The van der Waals surface area contributed by atoms with E-state index < -0.39 is 5.54 Å². The molecule has 0 spiro atoms. The predicted molar refractivity (Wildman–Crippen MR) is 59.3 cm³/mol. The standard InChI is InChI=1S/C12H19NO/c1-8-5-9(2)11(10(3)6-8)12(4,13)7-14/h5-6,14H,7,13H2,1-4H3. The molecule has 1 unspecified atom stereocenters. The minimum Gasteiger partial charge on any atom is -0.394 e. The van der Waals surface area contributed by atoms with Crippen LogP contribution in [-0.4, -0.2) is 11.7 Å². The highest BCUT2D eigenvalue weighted by Crippen LogP contribution is 2.26. The van der Waals surface area contributed by atoms with Crippen molar-refractivity contribution < 1.29 is 5.11 Å². The van der Waals surface area contributed by atoms with Gasteiger partial charge < -0.3 is 10.8 Å². The molecule has 3 N–H and O–H groups in total. The monoisotopic (exact) mass is 193 g/mol. The number of aryl methyl sites for hydroxylation is 3. The van der Waals surface area contributed by atoms with Crippen LogP contribution in [0.3, 0.4) is 0 Å². The van der Waals surface area contributed by atoms with Gasteiger partial charge in [-0.05, 0) is 44.4 Å². The zero-order valence-corrected chi connectivity index (χ0v) is 9.39. The van der Waals surface area contributed by atoms with Gasteiger partial charge in [0.1, 0.15) is 0 Å². The summed E-state index contributed by atoms with van der Waals surface area (Å²) in [6.45, 7) is 7.97. The molecule has 0 aliphatic heterocycles. The molecular weight excluding hydrogens is 174 g/mol. The van der Waals surface area contributed by atoms with E-state index in [1.54, 1.807) is 0 Å². The lowest BCUT2D eigenvalue weighted by atomic mass is 9.86. The highest BCUT2D eigenvalue weighted by molar-refractivity contribution is 5.41. The molecule has 2 nitrogen and oxygen atoms in total. The molecule has 1 aromatic rings. The van der Waals surface area contributed by atoms with E-state index in [0.29, 0.717) is 0 Å². The van der Waals surface area contributed by atoms with Gasteiger partial charge >= 0.3 is 0 Å². The number of aliphatic hydroxyl groups excluding tert-OH is 1. The fourth-order valence-electron chi connectivity index (χ4n) is 2.16. The highest BCUT2D eigenvalue weighted by atomic mass is 16.3. The normalized spacial score (nSPS) is 15.3. The smallest absolute Gasteiger partial charge is 0.0650 e. The van der Waals surface area contributed by atoms with E-state index in [-0.39, 0.29) is 6.61 Å². The van der Waals surface area contributed by atoms with Crippen LogP contribution in [0.5, 0.6) is 0 Å². The summed E-state index contributed by atoms with van der Waals surface area (Å²) in [5.41, 5.74) is 10.0. The highest BCUT2D eigenvalue weighted by Gasteiger charge is 2.23. The number of hydrogen-bond acceptors (Lipinski definition) is 2. The lowest BCUT2D eigenvalue weighted by Crippen LogP contribution is -2.38. The minimum atomic E-state index is -0.637. The van der Waals surface area contributed by atoms with Crippen molar-refractivity contribution in [1.82, 2.24) is 0 Å². The molecular formula is C12H19NO. The summed E-state index contributed by atoms with van der Waals surface area (Å²) in [7, 11) is 0. The number of nitrogens with two attached hydrogens (primary N) is 1. The summed E-state index contributed by atoms with van der Waals surface area (Å²) in [6.07, 6.45) is 0. The van der Waals surface area contributed by atoms with E-state index in [2.05, 4.69) is 19.1 Å². The van der Waals surface area contributed by atoms with E-state index in [0.717, 1.165) is 16.7 Å². The number of benzene rings is 1. The molecule has 0 aliphatic carbocycles. The van der Waals surface area contributed by atoms with Crippen molar-refractivity contribution >= 4 is 0 Å². The molecule has 1 rings (SSSR count). The Labute approximate surface area is 85.8 Å². The summed E-state index contributed by atoms with van der Waals surface area (Å²) in [5.74, 6) is 0. The summed E-state index contributed by atoms with van der Waals surface area (Å²) < 4.78 is 0. The Morgan fingerprint density at radius 1 is 1.21 bits per heavy atom. The van der Waals surface area contributed by atoms with E-state index in [1.807, 2.05) is 20.8 Å². The van der Waals surface area contributed by atoms with Crippen molar-refractivity contribution in [1.29, 1.82) is 0 Å². The van der Waals surface area contributed by atoms with Crippen molar-refractivity contribution in [3.8, 4) is 0 Å². The molecule has 0 aliphatic rings. The number of rotatable bonds is 2. The second kappa shape index (κ2) is 3.71. The molecule has 0 saturated carbocycles.